The van der Waals surface area contributed by atoms with Crippen LogP contribution in [0, 0.1) is 6.92 Å². The number of esters is 1. The van der Waals surface area contributed by atoms with Gasteiger partial charge in [-0.3, -0.25) is 14.3 Å². The number of methoxy groups -OCH3 is 1. The lowest BCUT2D eigenvalue weighted by molar-refractivity contribution is -0.141. The first-order valence-electron chi connectivity index (χ1n) is 7.48. The summed E-state index contributed by atoms with van der Waals surface area (Å²) in [6.07, 6.45) is 3.88. The van der Waals surface area contributed by atoms with E-state index in [-0.39, 0.29) is 18.3 Å². The van der Waals surface area contributed by atoms with E-state index in [2.05, 4.69) is 10.4 Å². The lowest BCUT2D eigenvalue weighted by Crippen LogP contribution is -2.31. The van der Waals surface area contributed by atoms with Crippen molar-refractivity contribution in [1.29, 1.82) is 0 Å². The Balaban J connectivity index is 1.99. The van der Waals surface area contributed by atoms with Gasteiger partial charge in [-0.15, -0.1) is 0 Å². The van der Waals surface area contributed by atoms with Crippen LogP contribution in [0.1, 0.15) is 30.0 Å². The second-order valence-corrected chi connectivity index (χ2v) is 5.33. The molecule has 0 saturated carbocycles. The molecule has 0 saturated heterocycles. The van der Waals surface area contributed by atoms with Crippen molar-refractivity contribution in [2.45, 2.75) is 32.4 Å². The third-order valence-corrected chi connectivity index (χ3v) is 3.54. The van der Waals surface area contributed by atoms with Crippen LogP contribution in [0.3, 0.4) is 0 Å². The second-order valence-electron chi connectivity index (χ2n) is 5.33. The summed E-state index contributed by atoms with van der Waals surface area (Å²) in [5.41, 5.74) is 2.00. The fourth-order valence-corrected chi connectivity index (χ4v) is 2.22. The zero-order valence-corrected chi connectivity index (χ0v) is 13.4. The molecule has 2 aromatic rings. The molecule has 6 heteroatoms. The van der Waals surface area contributed by atoms with Gasteiger partial charge in [0.15, 0.2) is 0 Å². The first kappa shape index (κ1) is 16.7. The van der Waals surface area contributed by atoms with E-state index >= 15 is 0 Å². The Morgan fingerprint density at radius 1 is 1.30 bits per heavy atom. The van der Waals surface area contributed by atoms with Gasteiger partial charge in [0.05, 0.1) is 19.6 Å². The zero-order chi connectivity index (χ0) is 16.7. The number of aryl methyl sites for hydroxylation is 2. The zero-order valence-electron chi connectivity index (χ0n) is 13.4. The van der Waals surface area contributed by atoms with Gasteiger partial charge in [-0.1, -0.05) is 29.8 Å². The highest BCUT2D eigenvalue weighted by Gasteiger charge is 2.18. The van der Waals surface area contributed by atoms with E-state index < -0.39 is 6.04 Å². The molecule has 1 aromatic carbocycles. The van der Waals surface area contributed by atoms with Crippen LogP contribution in [0.4, 0.5) is 0 Å². The number of hydrogen-bond acceptors (Lipinski definition) is 4. The fourth-order valence-electron chi connectivity index (χ4n) is 2.22. The lowest BCUT2D eigenvalue weighted by atomic mass is 10.0. The highest BCUT2D eigenvalue weighted by Crippen LogP contribution is 2.18. The molecular formula is C17H21N3O3. The topological polar surface area (TPSA) is 73.2 Å². The molecule has 0 aliphatic carbocycles. The van der Waals surface area contributed by atoms with Gasteiger partial charge in [0.1, 0.15) is 0 Å². The largest absolute Gasteiger partial charge is 0.469 e. The Hall–Kier alpha value is -2.63. The van der Waals surface area contributed by atoms with Crippen molar-refractivity contribution in [3.05, 3.63) is 53.9 Å². The molecule has 0 aliphatic heterocycles. The average Bonchev–Trinajstić information content (AvgIpc) is 3.06. The number of nitrogens with one attached hydrogen (secondary N) is 1. The molecular weight excluding hydrogens is 294 g/mol. The molecule has 23 heavy (non-hydrogen) atoms. The van der Waals surface area contributed by atoms with Crippen molar-refractivity contribution >= 4 is 11.9 Å². The first-order valence-corrected chi connectivity index (χ1v) is 7.48. The Morgan fingerprint density at radius 2 is 2.04 bits per heavy atom. The first-order chi connectivity index (χ1) is 11.1. The molecule has 1 atom stereocenters. The monoisotopic (exact) mass is 315 g/mol. The quantitative estimate of drug-likeness (QED) is 0.793. The molecule has 0 spiro atoms. The smallest absolute Gasteiger partial charge is 0.307 e. The van der Waals surface area contributed by atoms with Crippen LogP contribution in [0.25, 0.3) is 0 Å². The maximum absolute atomic E-state index is 12.2. The van der Waals surface area contributed by atoms with Crippen molar-refractivity contribution in [3.8, 4) is 0 Å². The standard InChI is InChI=1S/C17H21N3O3/c1-13-4-6-14(7-5-13)15(12-17(22)23-2)19-16(21)8-11-20-10-3-9-18-20/h3-7,9-10,15H,8,11-12H2,1-2H3,(H,19,21)/t15-/m0/s1. The van der Waals surface area contributed by atoms with E-state index in [9.17, 15) is 9.59 Å². The molecule has 6 nitrogen and oxygen atoms in total. The number of amides is 1. The Labute approximate surface area is 135 Å². The van der Waals surface area contributed by atoms with Crippen molar-refractivity contribution in [2.24, 2.45) is 0 Å². The van der Waals surface area contributed by atoms with Gasteiger partial charge < -0.3 is 10.1 Å². The summed E-state index contributed by atoms with van der Waals surface area (Å²) < 4.78 is 6.42. The molecule has 0 radical (unpaired) electrons. The molecule has 0 fully saturated rings. The minimum atomic E-state index is -0.395. The van der Waals surface area contributed by atoms with Crippen LogP contribution >= 0.6 is 0 Å². The van der Waals surface area contributed by atoms with Crippen LogP contribution in [0.15, 0.2) is 42.7 Å². The molecule has 1 N–H and O–H groups in total. The molecule has 0 unspecified atom stereocenters. The summed E-state index contributed by atoms with van der Waals surface area (Å²) in [6.45, 7) is 2.49. The number of hydrogen-bond donors (Lipinski definition) is 1. The fraction of sp³-hybridized carbons (Fsp3) is 0.353. The predicted molar refractivity (Wildman–Crippen MR) is 85.5 cm³/mol. The normalized spacial score (nSPS) is 11.7. The summed E-state index contributed by atoms with van der Waals surface area (Å²) in [5, 5.41) is 6.96. The van der Waals surface area contributed by atoms with Gasteiger partial charge in [-0.2, -0.15) is 5.10 Å². The highest BCUT2D eigenvalue weighted by molar-refractivity contribution is 5.78. The van der Waals surface area contributed by atoms with Crippen molar-refractivity contribution < 1.29 is 14.3 Å². The lowest BCUT2D eigenvalue weighted by Gasteiger charge is -2.18. The Bertz CT molecular complexity index is 636. The van der Waals surface area contributed by atoms with E-state index in [1.54, 1.807) is 17.1 Å². The Morgan fingerprint density at radius 3 is 2.65 bits per heavy atom. The maximum Gasteiger partial charge on any atom is 0.307 e. The van der Waals surface area contributed by atoms with E-state index in [4.69, 9.17) is 4.74 Å². The molecule has 0 aliphatic rings. The number of ether oxygens (including phenoxy) is 1. The van der Waals surface area contributed by atoms with Crippen LogP contribution in [0.2, 0.25) is 0 Å². The summed E-state index contributed by atoms with van der Waals surface area (Å²) in [5.74, 6) is -0.488. The van der Waals surface area contributed by atoms with Crippen molar-refractivity contribution in [2.75, 3.05) is 7.11 Å². The number of nitrogens with zero attached hydrogens (tertiary/aromatic N) is 2. The molecule has 1 heterocycles. The predicted octanol–water partition coefficient (Wildman–Crippen LogP) is 2.00. The van der Waals surface area contributed by atoms with Gasteiger partial charge >= 0.3 is 5.97 Å². The molecule has 2 rings (SSSR count). The minimum absolute atomic E-state index is 0.104. The van der Waals surface area contributed by atoms with Crippen LogP contribution < -0.4 is 5.32 Å². The highest BCUT2D eigenvalue weighted by atomic mass is 16.5. The van der Waals surface area contributed by atoms with Gasteiger partial charge in [-0.05, 0) is 18.6 Å². The summed E-state index contributed by atoms with van der Waals surface area (Å²) >= 11 is 0. The van der Waals surface area contributed by atoms with Crippen LogP contribution in [-0.2, 0) is 20.9 Å². The summed E-state index contributed by atoms with van der Waals surface area (Å²) in [4.78, 5) is 23.8. The number of aromatic nitrogens is 2. The van der Waals surface area contributed by atoms with Gasteiger partial charge in [-0.25, -0.2) is 0 Å². The van der Waals surface area contributed by atoms with E-state index in [1.807, 2.05) is 37.3 Å². The number of carbonyl (C=O) groups excluding carboxylic acids is 2. The van der Waals surface area contributed by atoms with E-state index in [0.717, 1.165) is 11.1 Å². The maximum atomic E-state index is 12.2. The summed E-state index contributed by atoms with van der Waals surface area (Å²) in [7, 11) is 1.34. The van der Waals surface area contributed by atoms with Crippen LogP contribution in [-0.4, -0.2) is 28.8 Å². The summed E-state index contributed by atoms with van der Waals surface area (Å²) in [6, 6.07) is 9.15. The Kier molecular flexibility index (Phi) is 5.91. The number of rotatable bonds is 7. The second kappa shape index (κ2) is 8.12. The molecule has 0 bridgehead atoms. The molecule has 1 aromatic heterocycles. The van der Waals surface area contributed by atoms with Gasteiger partial charge in [0.2, 0.25) is 5.91 Å². The molecule has 1 amide bonds. The van der Waals surface area contributed by atoms with Crippen molar-refractivity contribution in [1.82, 2.24) is 15.1 Å². The third kappa shape index (κ3) is 5.25. The van der Waals surface area contributed by atoms with Crippen LogP contribution in [0.5, 0.6) is 0 Å². The number of benzene rings is 1. The van der Waals surface area contributed by atoms with E-state index in [1.165, 1.54) is 7.11 Å². The number of carbonyl (C=O) groups is 2. The minimum Gasteiger partial charge on any atom is -0.469 e. The molecule has 122 valence electrons. The SMILES string of the molecule is COC(=O)C[C@H](NC(=O)CCn1cccn1)c1ccc(C)cc1. The van der Waals surface area contributed by atoms with Gasteiger partial charge in [0.25, 0.3) is 0 Å². The van der Waals surface area contributed by atoms with Crippen molar-refractivity contribution in [3.63, 3.8) is 0 Å². The van der Waals surface area contributed by atoms with E-state index in [0.29, 0.717) is 13.0 Å². The van der Waals surface area contributed by atoms with Gasteiger partial charge in [0, 0.05) is 25.4 Å². The average molecular weight is 315 g/mol. The third-order valence-electron chi connectivity index (χ3n) is 3.54.